The first-order chi connectivity index (χ1) is 14.4. The molecule has 0 aliphatic heterocycles. The van der Waals surface area contributed by atoms with Gasteiger partial charge in [0.2, 0.25) is 11.8 Å². The fourth-order valence-electron chi connectivity index (χ4n) is 2.62. The number of rotatable bonds is 8. The average Bonchev–Trinajstić information content (AvgIpc) is 3.08. The lowest BCUT2D eigenvalue weighted by molar-refractivity contribution is -0.117. The van der Waals surface area contributed by atoms with Gasteiger partial charge >= 0.3 is 6.09 Å². The van der Waals surface area contributed by atoms with Crippen LogP contribution in [-0.2, 0) is 21.6 Å². The van der Waals surface area contributed by atoms with E-state index in [0.717, 1.165) is 0 Å². The van der Waals surface area contributed by atoms with E-state index in [4.69, 9.17) is 14.0 Å². The molecule has 0 saturated carbocycles. The van der Waals surface area contributed by atoms with E-state index in [2.05, 4.69) is 20.8 Å². The van der Waals surface area contributed by atoms with Gasteiger partial charge in [0.05, 0.1) is 20.2 Å². The molecule has 0 aliphatic rings. The minimum absolute atomic E-state index is 0.120. The Morgan fingerprint density at radius 2 is 1.90 bits per heavy atom. The molecule has 1 aromatic heterocycles. The fraction of sp³-hybridized carbons (Fsp3) is 0.524. The first-order valence-electron chi connectivity index (χ1n) is 9.84. The number of carbonyl (C=O) groups is 2. The summed E-state index contributed by atoms with van der Waals surface area (Å²) in [6, 6.07) is 7.12. The third kappa shape index (κ3) is 7.89. The number of anilines is 1. The summed E-state index contributed by atoms with van der Waals surface area (Å²) < 4.78 is 15.7. The lowest BCUT2D eigenvalue weighted by atomic mass is 10.1. The Morgan fingerprint density at radius 3 is 2.55 bits per heavy atom. The fourth-order valence-corrected chi connectivity index (χ4v) is 2.62. The first kappa shape index (κ1) is 24.1. The van der Waals surface area contributed by atoms with Gasteiger partial charge in [0.1, 0.15) is 16.9 Å². The molecule has 2 aromatic rings. The number of aromatic nitrogens is 2. The monoisotopic (exact) mass is 433 g/mol. The second kappa shape index (κ2) is 9.78. The topological polar surface area (TPSA) is 119 Å². The van der Waals surface area contributed by atoms with Gasteiger partial charge in [0, 0.05) is 11.8 Å². The van der Waals surface area contributed by atoms with Gasteiger partial charge in [-0.3, -0.25) is 9.69 Å². The zero-order chi connectivity index (χ0) is 23.2. The lowest BCUT2D eigenvalue weighted by Crippen LogP contribution is -2.44. The van der Waals surface area contributed by atoms with Crippen LogP contribution in [-0.4, -0.2) is 53.3 Å². The number of methoxy groups -OCH3 is 1. The number of amides is 2. The van der Waals surface area contributed by atoms with E-state index in [0.29, 0.717) is 23.2 Å². The highest BCUT2D eigenvalue weighted by atomic mass is 16.6. The van der Waals surface area contributed by atoms with E-state index < -0.39 is 17.2 Å². The molecule has 2 amide bonds. The highest BCUT2D eigenvalue weighted by Gasteiger charge is 2.31. The van der Waals surface area contributed by atoms with Crippen molar-refractivity contribution >= 4 is 17.7 Å². The molecule has 0 aliphatic carbocycles. The van der Waals surface area contributed by atoms with Gasteiger partial charge in [-0.05, 0) is 53.8 Å². The van der Waals surface area contributed by atoms with Crippen molar-refractivity contribution in [2.75, 3.05) is 26.0 Å². The molecule has 0 spiro atoms. The van der Waals surface area contributed by atoms with E-state index >= 15 is 0 Å². The summed E-state index contributed by atoms with van der Waals surface area (Å²) in [7, 11) is 3.33. The summed E-state index contributed by atoms with van der Waals surface area (Å²) in [6.45, 7) is 9.23. The third-order valence-electron chi connectivity index (χ3n) is 4.01. The van der Waals surface area contributed by atoms with E-state index in [1.807, 2.05) is 0 Å². The molecule has 0 radical (unpaired) electrons. The van der Waals surface area contributed by atoms with Gasteiger partial charge in [-0.2, -0.15) is 4.98 Å². The molecule has 1 aromatic carbocycles. The van der Waals surface area contributed by atoms with Gasteiger partial charge in [-0.15, -0.1) is 0 Å². The highest BCUT2D eigenvalue weighted by molar-refractivity contribution is 5.92. The quantitative estimate of drug-likeness (QED) is 0.652. The predicted octanol–water partition coefficient (Wildman–Crippen LogP) is 2.91. The number of ether oxygens (including phenoxy) is 2. The van der Waals surface area contributed by atoms with E-state index in [9.17, 15) is 9.59 Å². The molecule has 31 heavy (non-hydrogen) atoms. The smallest absolute Gasteiger partial charge is 0.408 e. The SMILES string of the molecule is COc1cccc(NC(=O)CN(C)Cc2nc(C(C)(C)NC(=O)OC(C)(C)C)no2)c1. The van der Waals surface area contributed by atoms with Crippen LogP contribution in [0.15, 0.2) is 28.8 Å². The predicted molar refractivity (Wildman–Crippen MR) is 115 cm³/mol. The Hall–Kier alpha value is -3.14. The maximum absolute atomic E-state index is 12.3. The molecule has 0 atom stereocenters. The van der Waals surface area contributed by atoms with Gasteiger partial charge in [-0.1, -0.05) is 11.2 Å². The lowest BCUT2D eigenvalue weighted by Gasteiger charge is -2.26. The molecule has 10 heteroatoms. The van der Waals surface area contributed by atoms with Crippen LogP contribution in [0.4, 0.5) is 10.5 Å². The summed E-state index contributed by atoms with van der Waals surface area (Å²) in [4.78, 5) is 30.4. The third-order valence-corrected chi connectivity index (χ3v) is 4.01. The van der Waals surface area contributed by atoms with Crippen molar-refractivity contribution in [3.05, 3.63) is 36.0 Å². The Morgan fingerprint density at radius 1 is 1.19 bits per heavy atom. The zero-order valence-electron chi connectivity index (χ0n) is 19.1. The maximum Gasteiger partial charge on any atom is 0.408 e. The second-order valence-corrected chi connectivity index (χ2v) is 8.72. The van der Waals surface area contributed by atoms with Gasteiger partial charge < -0.3 is 24.6 Å². The molecule has 0 unspecified atom stereocenters. The molecule has 170 valence electrons. The number of alkyl carbamates (subject to hydrolysis) is 1. The largest absolute Gasteiger partial charge is 0.497 e. The molecular weight excluding hydrogens is 402 g/mol. The van der Waals surface area contributed by atoms with E-state index in [-0.39, 0.29) is 19.0 Å². The summed E-state index contributed by atoms with van der Waals surface area (Å²) in [6.07, 6.45) is -0.574. The Bertz CT molecular complexity index is 904. The van der Waals surface area contributed by atoms with Crippen LogP contribution in [0, 0.1) is 0 Å². The summed E-state index contributed by atoms with van der Waals surface area (Å²) >= 11 is 0. The normalized spacial score (nSPS) is 11.9. The van der Waals surface area contributed by atoms with Crippen molar-refractivity contribution in [2.24, 2.45) is 0 Å². The van der Waals surface area contributed by atoms with Crippen LogP contribution < -0.4 is 15.4 Å². The molecule has 10 nitrogen and oxygen atoms in total. The van der Waals surface area contributed by atoms with Crippen molar-refractivity contribution in [1.29, 1.82) is 0 Å². The number of nitrogens with zero attached hydrogens (tertiary/aromatic N) is 3. The van der Waals surface area contributed by atoms with Crippen molar-refractivity contribution in [3.8, 4) is 5.75 Å². The van der Waals surface area contributed by atoms with Crippen LogP contribution in [0.5, 0.6) is 5.75 Å². The minimum Gasteiger partial charge on any atom is -0.497 e. The van der Waals surface area contributed by atoms with Crippen LogP contribution in [0.1, 0.15) is 46.3 Å². The van der Waals surface area contributed by atoms with Crippen molar-refractivity contribution in [3.63, 3.8) is 0 Å². The average molecular weight is 434 g/mol. The number of benzene rings is 1. The van der Waals surface area contributed by atoms with Crippen LogP contribution in [0.2, 0.25) is 0 Å². The Labute approximate surface area is 182 Å². The summed E-state index contributed by atoms with van der Waals surface area (Å²) in [5.41, 5.74) is -0.865. The number of hydrogen-bond donors (Lipinski definition) is 2. The van der Waals surface area contributed by atoms with Crippen molar-refractivity contribution in [2.45, 2.75) is 52.3 Å². The number of carbonyl (C=O) groups excluding carboxylic acids is 2. The number of hydrogen-bond acceptors (Lipinski definition) is 8. The number of likely N-dealkylation sites (N-methyl/N-ethyl adjacent to an activating group) is 1. The van der Waals surface area contributed by atoms with E-state index in [1.165, 1.54) is 0 Å². The Kier molecular flexibility index (Phi) is 7.61. The molecular formula is C21H31N5O5. The highest BCUT2D eigenvalue weighted by Crippen LogP contribution is 2.19. The molecule has 1 heterocycles. The van der Waals surface area contributed by atoms with Crippen molar-refractivity contribution in [1.82, 2.24) is 20.4 Å². The summed E-state index contributed by atoms with van der Waals surface area (Å²) in [5, 5.41) is 9.50. The maximum atomic E-state index is 12.3. The van der Waals surface area contributed by atoms with Gasteiger partial charge in [0.25, 0.3) is 0 Å². The van der Waals surface area contributed by atoms with Crippen LogP contribution in [0.3, 0.4) is 0 Å². The molecule has 0 bridgehead atoms. The summed E-state index contributed by atoms with van der Waals surface area (Å²) in [5.74, 6) is 1.10. The zero-order valence-corrected chi connectivity index (χ0v) is 19.1. The standard InChI is InChI=1S/C21H31N5O5/c1-20(2,3)30-19(28)24-21(4,5)18-23-17(31-25-18)13-26(6)12-16(27)22-14-9-8-10-15(11-14)29-7/h8-11H,12-13H2,1-7H3,(H,22,27)(H,24,28). The molecule has 2 N–H and O–H groups in total. The van der Waals surface area contributed by atoms with Crippen LogP contribution >= 0.6 is 0 Å². The molecule has 2 rings (SSSR count). The van der Waals surface area contributed by atoms with Gasteiger partial charge in [-0.25, -0.2) is 4.79 Å². The van der Waals surface area contributed by atoms with Gasteiger partial charge in [0.15, 0.2) is 5.82 Å². The minimum atomic E-state index is -0.896. The van der Waals surface area contributed by atoms with Crippen LogP contribution in [0.25, 0.3) is 0 Å². The molecule has 0 fully saturated rings. The van der Waals surface area contributed by atoms with Crippen molar-refractivity contribution < 1.29 is 23.6 Å². The van der Waals surface area contributed by atoms with E-state index in [1.54, 1.807) is 77.9 Å². The number of nitrogens with one attached hydrogen (secondary N) is 2. The first-order valence-corrected chi connectivity index (χ1v) is 9.84. The Balaban J connectivity index is 1.90. The second-order valence-electron chi connectivity index (χ2n) is 8.72. The molecule has 0 saturated heterocycles.